The highest BCUT2D eigenvalue weighted by molar-refractivity contribution is 6.01. The first kappa shape index (κ1) is 18.0. The predicted molar refractivity (Wildman–Crippen MR) is 114 cm³/mol. The summed E-state index contributed by atoms with van der Waals surface area (Å²) >= 11 is 0. The molecule has 4 rings (SSSR count). The van der Waals surface area contributed by atoms with E-state index in [9.17, 15) is 4.79 Å². The Hall–Kier alpha value is -3.37. The first-order valence-electron chi connectivity index (χ1n) is 9.38. The molecule has 4 heteroatoms. The highest BCUT2D eigenvalue weighted by atomic mass is 16.2. The Morgan fingerprint density at radius 2 is 1.61 bits per heavy atom. The summed E-state index contributed by atoms with van der Waals surface area (Å²) in [6.07, 6.45) is 0.254. The molecule has 0 atom stereocenters. The van der Waals surface area contributed by atoms with Crippen LogP contribution in [0.15, 0.2) is 78.9 Å². The normalized spacial score (nSPS) is 10.9. The van der Waals surface area contributed by atoms with Gasteiger partial charge in [-0.1, -0.05) is 72.8 Å². The zero-order valence-corrected chi connectivity index (χ0v) is 15.9. The Morgan fingerprint density at radius 3 is 2.29 bits per heavy atom. The molecular formula is C24H23N3O. The molecule has 0 unspecified atom stereocenters. The highest BCUT2D eigenvalue weighted by Gasteiger charge is 2.19. The van der Waals surface area contributed by atoms with Gasteiger partial charge in [0.25, 0.3) is 0 Å². The molecule has 28 heavy (non-hydrogen) atoms. The zero-order valence-electron chi connectivity index (χ0n) is 15.9. The fourth-order valence-electron chi connectivity index (χ4n) is 3.86. The SMILES string of the molecule is Cc1c(CC(=O)NN)c2c(-c3ccccc3)cccc2n1Cc1ccccc1. The molecule has 0 aliphatic rings. The lowest BCUT2D eigenvalue weighted by Gasteiger charge is -2.09. The summed E-state index contributed by atoms with van der Waals surface area (Å²) in [5, 5.41) is 1.12. The molecule has 1 aromatic heterocycles. The largest absolute Gasteiger partial charge is 0.340 e. The number of rotatable bonds is 5. The van der Waals surface area contributed by atoms with Crippen LogP contribution in [0, 0.1) is 6.92 Å². The van der Waals surface area contributed by atoms with Crippen molar-refractivity contribution in [2.24, 2.45) is 5.84 Å². The molecule has 1 amide bonds. The van der Waals surface area contributed by atoms with E-state index in [0.717, 1.165) is 39.8 Å². The molecule has 0 fully saturated rings. The van der Waals surface area contributed by atoms with Crippen molar-refractivity contribution in [3.8, 4) is 11.1 Å². The summed E-state index contributed by atoms with van der Waals surface area (Å²) in [6.45, 7) is 2.84. The van der Waals surface area contributed by atoms with Gasteiger partial charge in [0.15, 0.2) is 0 Å². The van der Waals surface area contributed by atoms with Crippen LogP contribution in [-0.2, 0) is 17.8 Å². The van der Waals surface area contributed by atoms with Crippen LogP contribution in [0.5, 0.6) is 0 Å². The van der Waals surface area contributed by atoms with Gasteiger partial charge in [0.05, 0.1) is 6.42 Å². The number of nitrogens with one attached hydrogen (secondary N) is 1. The number of hydrogen-bond acceptors (Lipinski definition) is 2. The molecular weight excluding hydrogens is 346 g/mol. The fourth-order valence-corrected chi connectivity index (χ4v) is 3.86. The van der Waals surface area contributed by atoms with Crippen LogP contribution in [0.3, 0.4) is 0 Å². The second-order valence-electron chi connectivity index (χ2n) is 6.95. The predicted octanol–water partition coefficient (Wildman–Crippen LogP) is 4.20. The molecule has 4 aromatic rings. The smallest absolute Gasteiger partial charge is 0.238 e. The van der Waals surface area contributed by atoms with Crippen molar-refractivity contribution in [2.45, 2.75) is 19.9 Å². The Bertz CT molecular complexity index is 1120. The van der Waals surface area contributed by atoms with Crippen molar-refractivity contribution in [2.75, 3.05) is 0 Å². The molecule has 0 radical (unpaired) electrons. The van der Waals surface area contributed by atoms with Crippen LogP contribution < -0.4 is 11.3 Å². The van der Waals surface area contributed by atoms with E-state index in [1.807, 2.05) is 24.3 Å². The van der Waals surface area contributed by atoms with E-state index in [1.165, 1.54) is 5.56 Å². The van der Waals surface area contributed by atoms with Gasteiger partial charge in [0.2, 0.25) is 5.91 Å². The van der Waals surface area contributed by atoms with Crippen molar-refractivity contribution in [3.63, 3.8) is 0 Å². The standard InChI is InChI=1S/C24H23N3O/c1-17-21(15-23(28)26-25)24-20(19-11-6-3-7-12-19)13-8-14-22(24)27(17)16-18-9-4-2-5-10-18/h2-14H,15-16,25H2,1H3,(H,26,28). The molecule has 0 saturated carbocycles. The molecule has 4 nitrogen and oxygen atoms in total. The Morgan fingerprint density at radius 1 is 0.929 bits per heavy atom. The van der Waals surface area contributed by atoms with Crippen LogP contribution in [-0.4, -0.2) is 10.5 Å². The molecule has 1 heterocycles. The van der Waals surface area contributed by atoms with Gasteiger partial charge < -0.3 is 4.57 Å². The van der Waals surface area contributed by atoms with Gasteiger partial charge in [-0.05, 0) is 35.2 Å². The summed E-state index contributed by atoms with van der Waals surface area (Å²) in [4.78, 5) is 12.1. The van der Waals surface area contributed by atoms with Crippen molar-refractivity contribution in [3.05, 3.63) is 95.7 Å². The first-order valence-corrected chi connectivity index (χ1v) is 9.38. The van der Waals surface area contributed by atoms with E-state index in [1.54, 1.807) is 0 Å². The molecule has 140 valence electrons. The molecule has 3 N–H and O–H groups in total. The van der Waals surface area contributed by atoms with E-state index in [2.05, 4.69) is 71.5 Å². The zero-order chi connectivity index (χ0) is 19.5. The van der Waals surface area contributed by atoms with E-state index >= 15 is 0 Å². The van der Waals surface area contributed by atoms with Crippen LogP contribution >= 0.6 is 0 Å². The quantitative estimate of drug-likeness (QED) is 0.315. The summed E-state index contributed by atoms with van der Waals surface area (Å²) in [6, 6.07) is 27.0. The van der Waals surface area contributed by atoms with Crippen molar-refractivity contribution >= 4 is 16.8 Å². The van der Waals surface area contributed by atoms with Crippen LogP contribution in [0.2, 0.25) is 0 Å². The number of fused-ring (bicyclic) bond motifs is 1. The summed E-state index contributed by atoms with van der Waals surface area (Å²) in [5.41, 5.74) is 9.01. The van der Waals surface area contributed by atoms with Crippen molar-refractivity contribution in [1.29, 1.82) is 0 Å². The highest BCUT2D eigenvalue weighted by Crippen LogP contribution is 2.35. The number of hydrogen-bond donors (Lipinski definition) is 2. The number of carbonyl (C=O) groups is 1. The number of nitrogens with two attached hydrogens (primary N) is 1. The lowest BCUT2D eigenvalue weighted by Crippen LogP contribution is -2.31. The van der Waals surface area contributed by atoms with Crippen molar-refractivity contribution in [1.82, 2.24) is 9.99 Å². The minimum Gasteiger partial charge on any atom is -0.340 e. The van der Waals surface area contributed by atoms with E-state index in [-0.39, 0.29) is 12.3 Å². The van der Waals surface area contributed by atoms with E-state index in [0.29, 0.717) is 0 Å². The minimum absolute atomic E-state index is 0.190. The molecule has 0 aliphatic heterocycles. The Labute approximate surface area is 164 Å². The lowest BCUT2D eigenvalue weighted by molar-refractivity contribution is -0.120. The molecule has 0 bridgehead atoms. The number of hydrazine groups is 1. The third kappa shape index (κ3) is 3.30. The third-order valence-corrected chi connectivity index (χ3v) is 5.24. The molecule has 0 aliphatic carbocycles. The average Bonchev–Trinajstić information content (AvgIpc) is 3.01. The second kappa shape index (κ2) is 7.71. The minimum atomic E-state index is -0.190. The van der Waals surface area contributed by atoms with E-state index in [4.69, 9.17) is 5.84 Å². The number of carbonyl (C=O) groups excluding carboxylic acids is 1. The number of aromatic nitrogens is 1. The third-order valence-electron chi connectivity index (χ3n) is 5.24. The van der Waals surface area contributed by atoms with Gasteiger partial charge in [-0.15, -0.1) is 0 Å². The van der Waals surface area contributed by atoms with Crippen LogP contribution in [0.25, 0.3) is 22.0 Å². The van der Waals surface area contributed by atoms with Crippen LogP contribution in [0.4, 0.5) is 0 Å². The average molecular weight is 369 g/mol. The number of benzene rings is 3. The fraction of sp³-hybridized carbons (Fsp3) is 0.125. The summed E-state index contributed by atoms with van der Waals surface area (Å²) in [5.74, 6) is 5.20. The molecule has 0 spiro atoms. The second-order valence-corrected chi connectivity index (χ2v) is 6.95. The number of amides is 1. The maximum atomic E-state index is 12.1. The van der Waals surface area contributed by atoms with Gasteiger partial charge in [0.1, 0.15) is 0 Å². The number of nitrogens with zero attached hydrogens (tertiary/aromatic N) is 1. The summed E-state index contributed by atoms with van der Waals surface area (Å²) < 4.78 is 2.29. The topological polar surface area (TPSA) is 60.1 Å². The van der Waals surface area contributed by atoms with Gasteiger partial charge in [-0.2, -0.15) is 0 Å². The first-order chi connectivity index (χ1) is 13.7. The summed E-state index contributed by atoms with van der Waals surface area (Å²) in [7, 11) is 0. The van der Waals surface area contributed by atoms with Gasteiger partial charge in [0, 0.05) is 23.1 Å². The molecule has 3 aromatic carbocycles. The monoisotopic (exact) mass is 369 g/mol. The maximum absolute atomic E-state index is 12.1. The Kier molecular flexibility index (Phi) is 4.96. The molecule has 0 saturated heterocycles. The van der Waals surface area contributed by atoms with E-state index < -0.39 is 0 Å². The van der Waals surface area contributed by atoms with Crippen molar-refractivity contribution < 1.29 is 4.79 Å². The maximum Gasteiger partial charge on any atom is 0.238 e. The van der Waals surface area contributed by atoms with Gasteiger partial charge >= 0.3 is 0 Å². The lowest BCUT2D eigenvalue weighted by atomic mass is 9.97. The Balaban J connectivity index is 1.95. The van der Waals surface area contributed by atoms with Gasteiger partial charge in [-0.3, -0.25) is 10.2 Å². The van der Waals surface area contributed by atoms with Crippen LogP contribution in [0.1, 0.15) is 16.8 Å². The van der Waals surface area contributed by atoms with Gasteiger partial charge in [-0.25, -0.2) is 5.84 Å².